The summed E-state index contributed by atoms with van der Waals surface area (Å²) >= 11 is 0. The second-order valence-corrected chi connectivity index (χ2v) is 6.69. The van der Waals surface area contributed by atoms with Gasteiger partial charge in [-0.2, -0.15) is 0 Å². The van der Waals surface area contributed by atoms with Crippen molar-refractivity contribution in [2.75, 3.05) is 46.1 Å². The molecule has 1 spiro atoms. The Bertz CT molecular complexity index is 361. The Morgan fingerprint density at radius 2 is 2.00 bits per heavy atom. The lowest BCUT2D eigenvalue weighted by atomic mass is 9.79. The Balaban J connectivity index is 1.36. The van der Waals surface area contributed by atoms with Crippen LogP contribution in [0, 0.1) is 11.8 Å². The quantitative estimate of drug-likeness (QED) is 0.721. The van der Waals surface area contributed by atoms with Crippen LogP contribution in [0.25, 0.3) is 0 Å². The predicted octanol–water partition coefficient (Wildman–Crippen LogP) is 1.46. The van der Waals surface area contributed by atoms with Crippen LogP contribution >= 0.6 is 0 Å². The Labute approximate surface area is 126 Å². The van der Waals surface area contributed by atoms with Crippen molar-refractivity contribution in [3.8, 4) is 0 Å². The number of carbonyl (C=O) groups is 1. The fourth-order valence-corrected chi connectivity index (χ4v) is 3.75. The van der Waals surface area contributed by atoms with E-state index in [0.717, 1.165) is 71.8 Å². The van der Waals surface area contributed by atoms with Gasteiger partial charge in [0.15, 0.2) is 0 Å². The van der Waals surface area contributed by atoms with Crippen LogP contribution in [0.2, 0.25) is 0 Å². The van der Waals surface area contributed by atoms with Crippen LogP contribution in [0.5, 0.6) is 0 Å². The number of carbonyl (C=O) groups excluding carboxylic acids is 1. The van der Waals surface area contributed by atoms with Crippen molar-refractivity contribution in [3.05, 3.63) is 0 Å². The largest absolute Gasteiger partial charge is 0.381 e. The van der Waals surface area contributed by atoms with Gasteiger partial charge >= 0.3 is 0 Å². The number of likely N-dealkylation sites (tertiary alicyclic amines) is 1. The van der Waals surface area contributed by atoms with Gasteiger partial charge in [0, 0.05) is 40.0 Å². The SMILES string of the molecule is CC(=O)N1CC2(C1)OCC[C@@H]2CCOCC1CCOCC1. The summed E-state index contributed by atoms with van der Waals surface area (Å²) < 4.78 is 17.2. The number of nitrogens with zero attached hydrogens (tertiary/aromatic N) is 1. The monoisotopic (exact) mass is 297 g/mol. The van der Waals surface area contributed by atoms with Crippen molar-refractivity contribution in [1.29, 1.82) is 0 Å². The number of hydrogen-bond donors (Lipinski definition) is 0. The number of rotatable bonds is 5. The summed E-state index contributed by atoms with van der Waals surface area (Å²) in [5.41, 5.74) is -0.0618. The first-order valence-corrected chi connectivity index (χ1v) is 8.24. The van der Waals surface area contributed by atoms with Crippen LogP contribution in [0.4, 0.5) is 0 Å². The van der Waals surface area contributed by atoms with Crippen molar-refractivity contribution in [1.82, 2.24) is 4.90 Å². The van der Waals surface area contributed by atoms with Gasteiger partial charge in [0.1, 0.15) is 5.60 Å². The molecule has 21 heavy (non-hydrogen) atoms. The van der Waals surface area contributed by atoms with E-state index in [1.807, 2.05) is 4.90 Å². The molecule has 3 fully saturated rings. The van der Waals surface area contributed by atoms with Gasteiger partial charge in [0.05, 0.1) is 13.1 Å². The highest BCUT2D eigenvalue weighted by atomic mass is 16.5. The summed E-state index contributed by atoms with van der Waals surface area (Å²) in [4.78, 5) is 13.2. The molecule has 0 N–H and O–H groups in total. The maximum atomic E-state index is 11.3. The number of amides is 1. The molecule has 0 radical (unpaired) electrons. The summed E-state index contributed by atoms with van der Waals surface area (Å²) in [7, 11) is 0. The molecule has 0 aromatic carbocycles. The van der Waals surface area contributed by atoms with Gasteiger partial charge in [-0.3, -0.25) is 4.79 Å². The minimum atomic E-state index is -0.0618. The van der Waals surface area contributed by atoms with Crippen LogP contribution in [0.15, 0.2) is 0 Å². The third-order valence-electron chi connectivity index (χ3n) is 5.27. The van der Waals surface area contributed by atoms with Crippen molar-refractivity contribution >= 4 is 5.91 Å². The van der Waals surface area contributed by atoms with Gasteiger partial charge in [-0.15, -0.1) is 0 Å². The van der Waals surface area contributed by atoms with Gasteiger partial charge in [-0.05, 0) is 37.5 Å². The molecule has 3 rings (SSSR count). The van der Waals surface area contributed by atoms with E-state index in [2.05, 4.69) is 0 Å². The lowest BCUT2D eigenvalue weighted by Gasteiger charge is -2.50. The van der Waals surface area contributed by atoms with Gasteiger partial charge < -0.3 is 19.1 Å². The van der Waals surface area contributed by atoms with E-state index < -0.39 is 0 Å². The Morgan fingerprint density at radius 3 is 2.71 bits per heavy atom. The second-order valence-electron chi connectivity index (χ2n) is 6.69. The van der Waals surface area contributed by atoms with E-state index in [4.69, 9.17) is 14.2 Å². The van der Waals surface area contributed by atoms with E-state index in [0.29, 0.717) is 11.8 Å². The molecule has 3 aliphatic heterocycles. The highest BCUT2D eigenvalue weighted by Crippen LogP contribution is 2.41. The van der Waals surface area contributed by atoms with Crippen LogP contribution in [0.1, 0.15) is 32.6 Å². The summed E-state index contributed by atoms with van der Waals surface area (Å²) in [5.74, 6) is 1.37. The van der Waals surface area contributed by atoms with E-state index in [1.54, 1.807) is 6.92 Å². The summed E-state index contributed by atoms with van der Waals surface area (Å²) in [6.45, 7) is 7.45. The standard InChI is InChI=1S/C16H27NO4/c1-13(18)17-11-16(12-17)15(5-9-21-16)4-8-20-10-14-2-6-19-7-3-14/h14-15H,2-12H2,1H3/t15-/m0/s1. The molecule has 3 aliphatic rings. The lowest BCUT2D eigenvalue weighted by molar-refractivity contribution is -0.164. The van der Waals surface area contributed by atoms with Crippen molar-refractivity contribution in [3.63, 3.8) is 0 Å². The van der Waals surface area contributed by atoms with Crippen LogP contribution in [-0.4, -0.2) is 62.5 Å². The third-order valence-corrected chi connectivity index (χ3v) is 5.27. The Morgan fingerprint density at radius 1 is 1.24 bits per heavy atom. The van der Waals surface area contributed by atoms with E-state index in [9.17, 15) is 4.79 Å². The summed E-state index contributed by atoms with van der Waals surface area (Å²) in [5, 5.41) is 0. The zero-order valence-electron chi connectivity index (χ0n) is 13.0. The molecule has 5 heteroatoms. The smallest absolute Gasteiger partial charge is 0.219 e. The van der Waals surface area contributed by atoms with Gasteiger partial charge in [-0.25, -0.2) is 0 Å². The zero-order valence-corrected chi connectivity index (χ0v) is 13.0. The first-order valence-electron chi connectivity index (χ1n) is 8.24. The van der Waals surface area contributed by atoms with Crippen LogP contribution in [0.3, 0.4) is 0 Å². The molecule has 120 valence electrons. The minimum absolute atomic E-state index is 0.0618. The first kappa shape index (κ1) is 15.3. The molecule has 0 aliphatic carbocycles. The van der Waals surface area contributed by atoms with E-state index >= 15 is 0 Å². The van der Waals surface area contributed by atoms with E-state index in [-0.39, 0.29) is 11.5 Å². The first-order chi connectivity index (χ1) is 10.2. The molecular weight excluding hydrogens is 270 g/mol. The molecule has 0 bridgehead atoms. The summed E-state index contributed by atoms with van der Waals surface area (Å²) in [6, 6.07) is 0. The molecular formula is C16H27NO4. The fourth-order valence-electron chi connectivity index (χ4n) is 3.75. The molecule has 3 saturated heterocycles. The lowest BCUT2D eigenvalue weighted by Crippen LogP contribution is -2.65. The van der Waals surface area contributed by atoms with Crippen molar-refractivity contribution in [2.45, 2.75) is 38.2 Å². The van der Waals surface area contributed by atoms with Gasteiger partial charge in [0.25, 0.3) is 0 Å². The molecule has 3 heterocycles. The topological polar surface area (TPSA) is 48.0 Å². The molecule has 0 aromatic rings. The van der Waals surface area contributed by atoms with Gasteiger partial charge in [0.2, 0.25) is 5.91 Å². The normalized spacial score (nSPS) is 28.8. The number of hydrogen-bond acceptors (Lipinski definition) is 4. The highest BCUT2D eigenvalue weighted by molar-refractivity contribution is 5.74. The second kappa shape index (κ2) is 6.63. The fraction of sp³-hybridized carbons (Fsp3) is 0.938. The predicted molar refractivity (Wildman–Crippen MR) is 78.0 cm³/mol. The highest BCUT2D eigenvalue weighted by Gasteiger charge is 2.53. The molecule has 0 saturated carbocycles. The zero-order chi connectivity index (χ0) is 14.7. The molecule has 0 aromatic heterocycles. The van der Waals surface area contributed by atoms with Gasteiger partial charge in [-0.1, -0.05) is 0 Å². The maximum absolute atomic E-state index is 11.3. The number of ether oxygens (including phenoxy) is 3. The minimum Gasteiger partial charge on any atom is -0.381 e. The van der Waals surface area contributed by atoms with Crippen molar-refractivity contribution < 1.29 is 19.0 Å². The molecule has 1 amide bonds. The van der Waals surface area contributed by atoms with Crippen molar-refractivity contribution in [2.24, 2.45) is 11.8 Å². The molecule has 5 nitrogen and oxygen atoms in total. The van der Waals surface area contributed by atoms with Crippen LogP contribution in [-0.2, 0) is 19.0 Å². The molecule has 1 atom stereocenters. The Kier molecular flexibility index (Phi) is 4.82. The third kappa shape index (κ3) is 3.41. The maximum Gasteiger partial charge on any atom is 0.219 e. The average molecular weight is 297 g/mol. The average Bonchev–Trinajstić information content (AvgIpc) is 2.87. The summed E-state index contributed by atoms with van der Waals surface area (Å²) in [6.07, 6.45) is 4.41. The van der Waals surface area contributed by atoms with Crippen LogP contribution < -0.4 is 0 Å². The Hall–Kier alpha value is -0.650. The van der Waals surface area contributed by atoms with E-state index in [1.165, 1.54) is 0 Å². The molecule has 0 unspecified atom stereocenters.